The third-order valence-corrected chi connectivity index (χ3v) is 8.63. The molecule has 0 N–H and O–H groups in total. The average Bonchev–Trinajstić information content (AvgIpc) is 3.26. The van der Waals surface area contributed by atoms with Crippen molar-refractivity contribution < 1.29 is 17.6 Å². The van der Waals surface area contributed by atoms with Gasteiger partial charge < -0.3 is 4.90 Å². The summed E-state index contributed by atoms with van der Waals surface area (Å²) in [7, 11) is -3.90. The summed E-state index contributed by atoms with van der Waals surface area (Å²) in [5.41, 5.74) is 3.11. The van der Waals surface area contributed by atoms with Crippen LogP contribution in [0.5, 0.6) is 0 Å². The Bertz CT molecular complexity index is 1230. The van der Waals surface area contributed by atoms with Gasteiger partial charge in [-0.05, 0) is 67.0 Å². The molecule has 2 aromatic carbocycles. The smallest absolute Gasteiger partial charge is 0.244 e. The predicted molar refractivity (Wildman–Crippen MR) is 139 cm³/mol. The minimum absolute atomic E-state index is 0.0338. The second kappa shape index (κ2) is 11.5. The highest BCUT2D eigenvalue weighted by molar-refractivity contribution is 7.89. The fourth-order valence-electron chi connectivity index (χ4n) is 4.24. The highest BCUT2D eigenvalue weighted by Crippen LogP contribution is 2.26. The zero-order valence-electron chi connectivity index (χ0n) is 20.9. The Hall–Kier alpha value is -2.55. The summed E-state index contributed by atoms with van der Waals surface area (Å²) < 4.78 is 42.3. The highest BCUT2D eigenvalue weighted by Gasteiger charge is 2.31. The van der Waals surface area contributed by atoms with E-state index in [0.717, 1.165) is 16.0 Å². The van der Waals surface area contributed by atoms with Crippen molar-refractivity contribution in [2.75, 3.05) is 13.1 Å². The monoisotopic (exact) mass is 516 g/mol. The average molecular weight is 517 g/mol. The largest absolute Gasteiger partial charge is 0.332 e. The highest BCUT2D eigenvalue weighted by atomic mass is 32.2. The third kappa shape index (κ3) is 6.99. The molecule has 0 aliphatic carbocycles. The van der Waals surface area contributed by atoms with Crippen LogP contribution in [-0.2, 0) is 27.9 Å². The van der Waals surface area contributed by atoms with Gasteiger partial charge in [-0.2, -0.15) is 4.31 Å². The van der Waals surface area contributed by atoms with Gasteiger partial charge in [0.05, 0.1) is 18.0 Å². The summed E-state index contributed by atoms with van der Waals surface area (Å²) in [5, 5.41) is 1.94. The number of aryl methyl sites for hydroxylation is 3. The quantitative estimate of drug-likeness (QED) is 0.348. The lowest BCUT2D eigenvalue weighted by Gasteiger charge is -2.29. The first kappa shape index (κ1) is 27.0. The number of carbonyl (C=O) groups is 1. The molecule has 35 heavy (non-hydrogen) atoms. The lowest BCUT2D eigenvalue weighted by molar-refractivity contribution is -0.132. The number of halogens is 1. The van der Waals surface area contributed by atoms with Crippen LogP contribution in [0.25, 0.3) is 0 Å². The van der Waals surface area contributed by atoms with Crippen molar-refractivity contribution in [1.82, 2.24) is 9.21 Å². The van der Waals surface area contributed by atoms with E-state index in [2.05, 4.69) is 0 Å². The van der Waals surface area contributed by atoms with Crippen LogP contribution < -0.4 is 0 Å². The van der Waals surface area contributed by atoms with Crippen LogP contribution in [0.4, 0.5) is 4.39 Å². The van der Waals surface area contributed by atoms with Crippen LogP contribution >= 0.6 is 11.3 Å². The summed E-state index contributed by atoms with van der Waals surface area (Å²) in [6.07, 6.45) is 0. The fraction of sp³-hybridized carbons (Fsp3) is 0.370. The van der Waals surface area contributed by atoms with Gasteiger partial charge in [0.2, 0.25) is 15.9 Å². The van der Waals surface area contributed by atoms with Gasteiger partial charge >= 0.3 is 0 Å². The molecular formula is C27H33FN2O3S2. The Kier molecular flexibility index (Phi) is 8.85. The van der Waals surface area contributed by atoms with Gasteiger partial charge in [0.25, 0.3) is 0 Å². The molecule has 1 aromatic heterocycles. The number of hydrogen-bond donors (Lipinski definition) is 0. The van der Waals surface area contributed by atoms with Crippen molar-refractivity contribution in [2.45, 2.75) is 52.6 Å². The zero-order valence-corrected chi connectivity index (χ0v) is 22.5. The minimum Gasteiger partial charge on any atom is -0.332 e. The van der Waals surface area contributed by atoms with Crippen molar-refractivity contribution in [3.63, 3.8) is 0 Å². The van der Waals surface area contributed by atoms with Crippen molar-refractivity contribution in [3.8, 4) is 0 Å². The molecule has 0 saturated heterocycles. The van der Waals surface area contributed by atoms with E-state index in [-0.39, 0.29) is 42.2 Å². The molecule has 0 fully saturated rings. The number of amides is 1. The first-order valence-electron chi connectivity index (χ1n) is 11.6. The predicted octanol–water partition coefficient (Wildman–Crippen LogP) is 5.69. The summed E-state index contributed by atoms with van der Waals surface area (Å²) in [4.78, 5) is 16.5. The van der Waals surface area contributed by atoms with E-state index in [1.165, 1.54) is 27.8 Å². The molecule has 3 rings (SSSR count). The molecule has 188 valence electrons. The topological polar surface area (TPSA) is 57.7 Å². The van der Waals surface area contributed by atoms with Crippen molar-refractivity contribution in [1.29, 1.82) is 0 Å². The second-order valence-corrected chi connectivity index (χ2v) is 12.3. The number of sulfonamides is 1. The summed E-state index contributed by atoms with van der Waals surface area (Å²) in [6, 6.07) is 13.6. The molecule has 0 aliphatic heterocycles. The number of carbonyl (C=O) groups excluding carboxylic acids is 1. The fourth-order valence-corrected chi connectivity index (χ4v) is 6.93. The van der Waals surface area contributed by atoms with Gasteiger partial charge in [0.15, 0.2) is 0 Å². The summed E-state index contributed by atoms with van der Waals surface area (Å²) in [6.45, 7) is 9.96. The third-order valence-electron chi connectivity index (χ3n) is 5.65. The molecule has 0 aliphatic rings. The Morgan fingerprint density at radius 3 is 2.17 bits per heavy atom. The van der Waals surface area contributed by atoms with Gasteiger partial charge in [-0.1, -0.05) is 49.7 Å². The van der Waals surface area contributed by atoms with E-state index < -0.39 is 10.0 Å². The molecule has 1 amide bonds. The summed E-state index contributed by atoms with van der Waals surface area (Å²) in [5.74, 6) is -0.608. The summed E-state index contributed by atoms with van der Waals surface area (Å²) >= 11 is 1.53. The number of hydrogen-bond acceptors (Lipinski definition) is 4. The van der Waals surface area contributed by atoms with Crippen molar-refractivity contribution in [2.24, 2.45) is 5.92 Å². The molecule has 0 atom stereocenters. The molecule has 3 aromatic rings. The number of rotatable bonds is 10. The molecule has 1 heterocycles. The van der Waals surface area contributed by atoms with Gasteiger partial charge in [0.1, 0.15) is 5.82 Å². The van der Waals surface area contributed by atoms with E-state index in [0.29, 0.717) is 17.7 Å². The number of nitrogens with zero attached hydrogens (tertiary/aromatic N) is 2. The van der Waals surface area contributed by atoms with Crippen LogP contribution in [0.15, 0.2) is 58.8 Å². The van der Waals surface area contributed by atoms with E-state index in [4.69, 9.17) is 0 Å². The zero-order chi connectivity index (χ0) is 25.8. The Morgan fingerprint density at radius 1 is 1.00 bits per heavy atom. The molecule has 0 radical (unpaired) electrons. The van der Waals surface area contributed by atoms with Crippen molar-refractivity contribution >= 4 is 27.3 Å². The lowest BCUT2D eigenvalue weighted by atomic mass is 10.1. The van der Waals surface area contributed by atoms with Gasteiger partial charge in [0, 0.05) is 18.0 Å². The lowest BCUT2D eigenvalue weighted by Crippen LogP contribution is -2.44. The maximum atomic E-state index is 13.8. The molecule has 0 bridgehead atoms. The Morgan fingerprint density at radius 2 is 1.63 bits per heavy atom. The second-order valence-electron chi connectivity index (χ2n) is 9.37. The molecule has 0 spiro atoms. The molecule has 0 unspecified atom stereocenters. The maximum absolute atomic E-state index is 13.8. The van der Waals surface area contributed by atoms with Crippen LogP contribution in [-0.4, -0.2) is 36.6 Å². The normalized spacial score (nSPS) is 11.9. The molecule has 0 saturated carbocycles. The van der Waals surface area contributed by atoms with Crippen molar-refractivity contribution in [3.05, 3.63) is 86.9 Å². The first-order valence-corrected chi connectivity index (χ1v) is 13.9. The Balaban J connectivity index is 1.93. The molecule has 5 nitrogen and oxygen atoms in total. The first-order chi connectivity index (χ1) is 16.5. The Labute approximate surface area is 212 Å². The van der Waals surface area contributed by atoms with Gasteiger partial charge in [-0.15, -0.1) is 11.3 Å². The van der Waals surface area contributed by atoms with Gasteiger partial charge in [-0.3, -0.25) is 4.79 Å². The SMILES string of the molecule is Cc1cc(C)c(S(=O)(=O)N(CC(=O)N(Cc2ccc(F)cc2)Cc2cccs2)CC(C)C)c(C)c1. The molecular weight excluding hydrogens is 483 g/mol. The standard InChI is InChI=1S/C27H33FN2O3S2/c1-19(2)15-30(35(32,33)27-21(4)13-20(3)14-22(27)5)18-26(31)29(17-25-7-6-12-34-25)16-23-8-10-24(28)11-9-23/h6-14,19H,15-18H2,1-5H3. The van der Waals surface area contributed by atoms with Crippen LogP contribution in [0.3, 0.4) is 0 Å². The maximum Gasteiger partial charge on any atom is 0.244 e. The van der Waals surface area contributed by atoms with E-state index >= 15 is 0 Å². The minimum atomic E-state index is -3.90. The van der Waals surface area contributed by atoms with Crippen LogP contribution in [0.2, 0.25) is 0 Å². The van der Waals surface area contributed by atoms with Crippen LogP contribution in [0.1, 0.15) is 41.0 Å². The number of thiophene rings is 1. The van der Waals surface area contributed by atoms with Gasteiger partial charge in [-0.25, -0.2) is 12.8 Å². The van der Waals surface area contributed by atoms with E-state index in [1.807, 2.05) is 50.4 Å². The van der Waals surface area contributed by atoms with E-state index in [9.17, 15) is 17.6 Å². The molecule has 8 heteroatoms. The van der Waals surface area contributed by atoms with E-state index in [1.54, 1.807) is 30.9 Å². The number of benzene rings is 2. The van der Waals surface area contributed by atoms with Crippen LogP contribution in [0, 0.1) is 32.5 Å².